The Morgan fingerprint density at radius 2 is 1.88 bits per heavy atom. The zero-order valence-electron chi connectivity index (χ0n) is 14.7. The molecule has 0 unspecified atom stereocenters. The number of anilines is 3. The van der Waals surface area contributed by atoms with Gasteiger partial charge in [-0.15, -0.1) is 0 Å². The van der Waals surface area contributed by atoms with Gasteiger partial charge >= 0.3 is 0 Å². The molecule has 0 atom stereocenters. The normalized spacial score (nSPS) is 10.8. The molecule has 26 heavy (non-hydrogen) atoms. The Labute approximate surface area is 151 Å². The molecule has 0 aliphatic carbocycles. The average Bonchev–Trinajstić information content (AvgIpc) is 2.61. The minimum absolute atomic E-state index is 0.0685. The second kappa shape index (κ2) is 7.01. The molecule has 6 heteroatoms. The second-order valence-corrected chi connectivity index (χ2v) is 6.16. The van der Waals surface area contributed by atoms with Crippen LogP contribution in [0.5, 0.6) is 5.75 Å². The van der Waals surface area contributed by atoms with E-state index in [1.807, 2.05) is 13.0 Å². The van der Waals surface area contributed by atoms with Crippen molar-refractivity contribution in [1.82, 2.24) is 4.98 Å². The molecule has 0 saturated carbocycles. The molecule has 0 radical (unpaired) electrons. The van der Waals surface area contributed by atoms with Gasteiger partial charge in [0.15, 0.2) is 0 Å². The molecule has 3 rings (SSSR count). The van der Waals surface area contributed by atoms with Crippen LogP contribution in [0.2, 0.25) is 0 Å². The first-order chi connectivity index (χ1) is 12.4. The minimum Gasteiger partial charge on any atom is -0.507 e. The summed E-state index contributed by atoms with van der Waals surface area (Å²) in [5.41, 5.74) is 15.3. The summed E-state index contributed by atoms with van der Waals surface area (Å²) < 4.78 is 14.3. The molecule has 1 aromatic heterocycles. The first-order valence-corrected chi connectivity index (χ1v) is 8.19. The summed E-state index contributed by atoms with van der Waals surface area (Å²) in [6.45, 7) is 2.13. The van der Waals surface area contributed by atoms with Gasteiger partial charge in [-0.3, -0.25) is 0 Å². The van der Waals surface area contributed by atoms with Crippen molar-refractivity contribution in [3.05, 3.63) is 65.5 Å². The SMILES string of the molecule is Cc1ccc(N(C)c2ccc(O)c(-c3ccc(CN)c(N)n3)c2)c(F)c1. The topological polar surface area (TPSA) is 88.4 Å². The molecule has 0 fully saturated rings. The molecular weight excluding hydrogens is 331 g/mol. The predicted molar refractivity (Wildman–Crippen MR) is 103 cm³/mol. The van der Waals surface area contributed by atoms with E-state index in [2.05, 4.69) is 4.98 Å². The maximum atomic E-state index is 14.3. The number of pyridine rings is 1. The highest BCUT2D eigenvalue weighted by Gasteiger charge is 2.14. The highest BCUT2D eigenvalue weighted by Crippen LogP contribution is 2.35. The van der Waals surface area contributed by atoms with Crippen LogP contribution in [0.25, 0.3) is 11.3 Å². The van der Waals surface area contributed by atoms with Gasteiger partial charge in [-0.25, -0.2) is 9.37 Å². The zero-order chi connectivity index (χ0) is 18.8. The van der Waals surface area contributed by atoms with Gasteiger partial charge in [0, 0.05) is 30.4 Å². The average molecular weight is 352 g/mol. The monoisotopic (exact) mass is 352 g/mol. The zero-order valence-corrected chi connectivity index (χ0v) is 14.7. The number of nitrogens with zero attached hydrogens (tertiary/aromatic N) is 2. The van der Waals surface area contributed by atoms with Crippen molar-refractivity contribution in [1.29, 1.82) is 0 Å². The molecule has 0 saturated heterocycles. The summed E-state index contributed by atoms with van der Waals surface area (Å²) in [5, 5.41) is 10.3. The number of benzene rings is 2. The Bertz CT molecular complexity index is 959. The molecule has 0 amide bonds. The van der Waals surface area contributed by atoms with Crippen LogP contribution < -0.4 is 16.4 Å². The number of aromatic nitrogens is 1. The van der Waals surface area contributed by atoms with Crippen LogP contribution in [0.1, 0.15) is 11.1 Å². The van der Waals surface area contributed by atoms with E-state index in [1.54, 1.807) is 48.3 Å². The fourth-order valence-corrected chi connectivity index (χ4v) is 2.79. The van der Waals surface area contributed by atoms with E-state index < -0.39 is 0 Å². The summed E-state index contributed by atoms with van der Waals surface area (Å²) in [4.78, 5) is 6.04. The Hall–Kier alpha value is -3.12. The Morgan fingerprint density at radius 3 is 2.54 bits per heavy atom. The van der Waals surface area contributed by atoms with Crippen molar-refractivity contribution in [3.63, 3.8) is 0 Å². The van der Waals surface area contributed by atoms with E-state index in [9.17, 15) is 9.50 Å². The number of halogens is 1. The fraction of sp³-hybridized carbons (Fsp3) is 0.150. The van der Waals surface area contributed by atoms with Gasteiger partial charge < -0.3 is 21.5 Å². The van der Waals surface area contributed by atoms with Gasteiger partial charge in [0.2, 0.25) is 0 Å². The predicted octanol–water partition coefficient (Wildman–Crippen LogP) is 3.71. The van der Waals surface area contributed by atoms with Crippen LogP contribution >= 0.6 is 0 Å². The number of aromatic hydroxyl groups is 1. The smallest absolute Gasteiger partial charge is 0.147 e. The van der Waals surface area contributed by atoms with Crippen molar-refractivity contribution in [3.8, 4) is 17.0 Å². The van der Waals surface area contributed by atoms with E-state index in [0.717, 1.165) is 11.1 Å². The maximum absolute atomic E-state index is 14.3. The quantitative estimate of drug-likeness (QED) is 0.666. The molecular formula is C20H21FN4O. The van der Waals surface area contributed by atoms with Crippen LogP contribution in [0.3, 0.4) is 0 Å². The van der Waals surface area contributed by atoms with Gasteiger partial charge in [-0.1, -0.05) is 12.1 Å². The van der Waals surface area contributed by atoms with Crippen molar-refractivity contribution in [2.24, 2.45) is 5.73 Å². The lowest BCUT2D eigenvalue weighted by atomic mass is 10.1. The largest absolute Gasteiger partial charge is 0.507 e. The summed E-state index contributed by atoms with van der Waals surface area (Å²) >= 11 is 0. The number of nitrogen functional groups attached to an aromatic ring is 1. The van der Waals surface area contributed by atoms with Crippen molar-refractivity contribution >= 4 is 17.2 Å². The van der Waals surface area contributed by atoms with Gasteiger partial charge in [0.1, 0.15) is 17.4 Å². The van der Waals surface area contributed by atoms with Gasteiger partial charge in [-0.2, -0.15) is 0 Å². The van der Waals surface area contributed by atoms with E-state index in [-0.39, 0.29) is 11.6 Å². The van der Waals surface area contributed by atoms with Crippen LogP contribution in [0.4, 0.5) is 21.6 Å². The number of hydrogen-bond donors (Lipinski definition) is 3. The third-order valence-electron chi connectivity index (χ3n) is 4.34. The number of aryl methyl sites for hydroxylation is 1. The first-order valence-electron chi connectivity index (χ1n) is 8.19. The van der Waals surface area contributed by atoms with Crippen molar-refractivity contribution in [2.75, 3.05) is 17.7 Å². The van der Waals surface area contributed by atoms with Crippen LogP contribution in [-0.4, -0.2) is 17.1 Å². The van der Waals surface area contributed by atoms with E-state index >= 15 is 0 Å². The fourth-order valence-electron chi connectivity index (χ4n) is 2.79. The number of rotatable bonds is 4. The van der Waals surface area contributed by atoms with Crippen LogP contribution in [0.15, 0.2) is 48.5 Å². The first kappa shape index (κ1) is 17.7. The molecule has 3 aromatic rings. The lowest BCUT2D eigenvalue weighted by Crippen LogP contribution is -2.11. The Morgan fingerprint density at radius 1 is 1.12 bits per heavy atom. The molecule has 0 bridgehead atoms. The number of phenols is 1. The number of nitrogens with two attached hydrogens (primary N) is 2. The molecule has 0 aliphatic rings. The van der Waals surface area contributed by atoms with Gasteiger partial charge in [0.05, 0.1) is 11.4 Å². The molecule has 0 aliphatic heterocycles. The highest BCUT2D eigenvalue weighted by atomic mass is 19.1. The molecule has 1 heterocycles. The van der Waals surface area contributed by atoms with E-state index in [0.29, 0.717) is 35.0 Å². The Kier molecular flexibility index (Phi) is 4.77. The summed E-state index contributed by atoms with van der Waals surface area (Å²) in [6.07, 6.45) is 0. The molecule has 134 valence electrons. The molecule has 2 aromatic carbocycles. The minimum atomic E-state index is -0.309. The van der Waals surface area contributed by atoms with Crippen LogP contribution in [-0.2, 0) is 6.54 Å². The highest BCUT2D eigenvalue weighted by molar-refractivity contribution is 5.75. The second-order valence-electron chi connectivity index (χ2n) is 6.16. The Balaban J connectivity index is 2.03. The van der Waals surface area contributed by atoms with Crippen molar-refractivity contribution in [2.45, 2.75) is 13.5 Å². The lowest BCUT2D eigenvalue weighted by molar-refractivity contribution is 0.477. The third-order valence-corrected chi connectivity index (χ3v) is 4.34. The number of phenolic OH excluding ortho intramolecular Hbond substituents is 1. The van der Waals surface area contributed by atoms with E-state index in [1.165, 1.54) is 6.07 Å². The van der Waals surface area contributed by atoms with Gasteiger partial charge in [-0.05, 0) is 48.9 Å². The third kappa shape index (κ3) is 3.32. The van der Waals surface area contributed by atoms with Gasteiger partial charge in [0.25, 0.3) is 0 Å². The summed E-state index contributed by atoms with van der Waals surface area (Å²) in [6, 6.07) is 13.6. The molecule has 5 nitrogen and oxygen atoms in total. The van der Waals surface area contributed by atoms with Crippen LogP contribution in [0, 0.1) is 12.7 Å². The summed E-state index contributed by atoms with van der Waals surface area (Å²) in [7, 11) is 1.77. The van der Waals surface area contributed by atoms with E-state index in [4.69, 9.17) is 11.5 Å². The van der Waals surface area contributed by atoms with Crippen molar-refractivity contribution < 1.29 is 9.50 Å². The maximum Gasteiger partial charge on any atom is 0.147 e. The standard InChI is InChI=1S/C20H21FN4O/c1-12-3-7-18(16(21)9-12)25(2)14-5-8-19(26)15(10-14)17-6-4-13(11-22)20(23)24-17/h3-10,26H,11,22H2,1-2H3,(H2,23,24). The lowest BCUT2D eigenvalue weighted by Gasteiger charge is -2.21. The number of hydrogen-bond acceptors (Lipinski definition) is 5. The molecule has 5 N–H and O–H groups in total. The molecule has 0 spiro atoms. The summed E-state index contributed by atoms with van der Waals surface area (Å²) in [5.74, 6) is 0.0865.